The molecule has 0 atom stereocenters. The molecule has 1 aromatic rings. The van der Waals surface area contributed by atoms with E-state index in [0.717, 1.165) is 44.1 Å². The Kier molecular flexibility index (Phi) is 7.44. The van der Waals surface area contributed by atoms with Gasteiger partial charge in [0, 0.05) is 26.6 Å². The first-order chi connectivity index (χ1) is 11.9. The van der Waals surface area contributed by atoms with E-state index in [0.29, 0.717) is 18.0 Å². The third-order valence-corrected chi connectivity index (χ3v) is 6.24. The van der Waals surface area contributed by atoms with Gasteiger partial charge in [-0.05, 0) is 55.4 Å². The van der Waals surface area contributed by atoms with Crippen molar-refractivity contribution in [2.75, 3.05) is 19.6 Å². The number of fused-ring (bicyclic) bond motifs is 1. The standard InChI is InChI=1S/C19H30N2O3S/c1-3-4-7-13-21(16(2)22)14-12-20-25(23,24)19-11-10-17-8-5-6-9-18(17)15-19/h10-11,15,20H,3-9,12-14H2,1-2H3. The molecule has 2 rings (SSSR count). The van der Waals surface area contributed by atoms with Crippen LogP contribution in [0.1, 0.15) is 57.1 Å². The van der Waals surface area contributed by atoms with Crippen LogP contribution in [0.3, 0.4) is 0 Å². The number of amides is 1. The molecule has 1 aliphatic rings. The van der Waals surface area contributed by atoms with Crippen LogP contribution < -0.4 is 4.72 Å². The van der Waals surface area contributed by atoms with Gasteiger partial charge in [-0.25, -0.2) is 13.1 Å². The number of hydrogen-bond acceptors (Lipinski definition) is 3. The monoisotopic (exact) mass is 366 g/mol. The summed E-state index contributed by atoms with van der Waals surface area (Å²) in [6, 6.07) is 5.44. The number of unbranched alkanes of at least 4 members (excludes halogenated alkanes) is 2. The van der Waals surface area contributed by atoms with Gasteiger partial charge in [-0.15, -0.1) is 0 Å². The van der Waals surface area contributed by atoms with Gasteiger partial charge < -0.3 is 4.90 Å². The highest BCUT2D eigenvalue weighted by Crippen LogP contribution is 2.23. The first-order valence-electron chi connectivity index (χ1n) is 9.31. The predicted molar refractivity (Wildman–Crippen MR) is 100 cm³/mol. The highest BCUT2D eigenvalue weighted by Gasteiger charge is 2.18. The molecule has 0 bridgehead atoms. The van der Waals surface area contributed by atoms with Gasteiger partial charge in [0.1, 0.15) is 0 Å². The van der Waals surface area contributed by atoms with E-state index < -0.39 is 10.0 Å². The van der Waals surface area contributed by atoms with Crippen LogP contribution >= 0.6 is 0 Å². The number of aryl methyl sites for hydroxylation is 2. The largest absolute Gasteiger partial charge is 0.342 e. The van der Waals surface area contributed by atoms with Gasteiger partial charge >= 0.3 is 0 Å². The smallest absolute Gasteiger partial charge is 0.240 e. The minimum Gasteiger partial charge on any atom is -0.342 e. The summed E-state index contributed by atoms with van der Waals surface area (Å²) >= 11 is 0. The summed E-state index contributed by atoms with van der Waals surface area (Å²) in [6.07, 6.45) is 7.41. The van der Waals surface area contributed by atoms with E-state index in [4.69, 9.17) is 0 Å². The minimum atomic E-state index is -3.53. The molecule has 0 aliphatic heterocycles. The number of carbonyl (C=O) groups is 1. The fourth-order valence-corrected chi connectivity index (χ4v) is 4.33. The first kappa shape index (κ1) is 19.9. The maximum atomic E-state index is 12.5. The van der Waals surface area contributed by atoms with Crippen molar-refractivity contribution in [3.8, 4) is 0 Å². The van der Waals surface area contributed by atoms with Crippen LogP contribution in [0, 0.1) is 0 Å². The predicted octanol–water partition coefficient (Wildman–Crippen LogP) is 2.88. The van der Waals surface area contributed by atoms with Crippen molar-refractivity contribution in [2.24, 2.45) is 0 Å². The molecule has 1 amide bonds. The first-order valence-corrected chi connectivity index (χ1v) is 10.8. The quantitative estimate of drug-likeness (QED) is 0.684. The minimum absolute atomic E-state index is 0.0101. The average Bonchev–Trinajstić information content (AvgIpc) is 2.59. The van der Waals surface area contributed by atoms with Crippen LogP contribution in [0.15, 0.2) is 23.1 Å². The zero-order chi connectivity index (χ0) is 18.3. The van der Waals surface area contributed by atoms with Crippen molar-refractivity contribution in [1.82, 2.24) is 9.62 Å². The van der Waals surface area contributed by atoms with Crippen molar-refractivity contribution >= 4 is 15.9 Å². The van der Waals surface area contributed by atoms with Crippen molar-refractivity contribution in [3.63, 3.8) is 0 Å². The highest BCUT2D eigenvalue weighted by molar-refractivity contribution is 7.89. The number of rotatable bonds is 9. The van der Waals surface area contributed by atoms with E-state index >= 15 is 0 Å². The summed E-state index contributed by atoms with van der Waals surface area (Å²) in [6.45, 7) is 4.98. The number of carbonyl (C=O) groups excluding carboxylic acids is 1. The summed E-state index contributed by atoms with van der Waals surface area (Å²) in [5.41, 5.74) is 2.42. The van der Waals surface area contributed by atoms with Gasteiger partial charge in [-0.2, -0.15) is 0 Å². The zero-order valence-electron chi connectivity index (χ0n) is 15.4. The Hall–Kier alpha value is -1.40. The summed E-state index contributed by atoms with van der Waals surface area (Å²) < 4.78 is 27.7. The van der Waals surface area contributed by atoms with Crippen LogP contribution in [0.5, 0.6) is 0 Å². The Labute approximate surface area is 151 Å². The molecule has 0 heterocycles. The molecule has 25 heavy (non-hydrogen) atoms. The van der Waals surface area contributed by atoms with Crippen LogP contribution in [0.2, 0.25) is 0 Å². The maximum Gasteiger partial charge on any atom is 0.240 e. The van der Waals surface area contributed by atoms with Gasteiger partial charge in [0.2, 0.25) is 15.9 Å². The summed E-state index contributed by atoms with van der Waals surface area (Å²) in [5.74, 6) is -0.0101. The summed E-state index contributed by atoms with van der Waals surface area (Å²) in [5, 5.41) is 0. The second-order valence-electron chi connectivity index (χ2n) is 6.75. The highest BCUT2D eigenvalue weighted by atomic mass is 32.2. The maximum absolute atomic E-state index is 12.5. The molecule has 1 N–H and O–H groups in total. The number of benzene rings is 1. The van der Waals surface area contributed by atoms with Gasteiger partial charge in [-0.3, -0.25) is 4.79 Å². The Morgan fingerprint density at radius 1 is 1.12 bits per heavy atom. The molecule has 0 fully saturated rings. The van der Waals surface area contributed by atoms with E-state index in [-0.39, 0.29) is 12.5 Å². The molecule has 0 unspecified atom stereocenters. The molecule has 0 radical (unpaired) electrons. The molecule has 5 nitrogen and oxygen atoms in total. The Bertz CT molecular complexity index is 686. The lowest BCUT2D eigenvalue weighted by molar-refractivity contribution is -0.128. The molecule has 0 aromatic heterocycles. The zero-order valence-corrected chi connectivity index (χ0v) is 16.2. The molecule has 140 valence electrons. The Morgan fingerprint density at radius 2 is 1.84 bits per heavy atom. The molecule has 0 saturated carbocycles. The normalized spacial score (nSPS) is 14.2. The molecule has 0 spiro atoms. The van der Waals surface area contributed by atoms with Crippen LogP contribution in [0.25, 0.3) is 0 Å². The number of nitrogens with zero attached hydrogens (tertiary/aromatic N) is 1. The van der Waals surface area contributed by atoms with Gasteiger partial charge in [0.25, 0.3) is 0 Å². The van der Waals surface area contributed by atoms with E-state index in [1.807, 2.05) is 6.07 Å². The van der Waals surface area contributed by atoms with E-state index in [1.54, 1.807) is 17.0 Å². The third-order valence-electron chi connectivity index (χ3n) is 4.78. The Balaban J connectivity index is 1.93. The lowest BCUT2D eigenvalue weighted by Gasteiger charge is -2.21. The summed E-state index contributed by atoms with van der Waals surface area (Å²) in [7, 11) is -3.53. The molecular weight excluding hydrogens is 336 g/mol. The number of nitrogens with one attached hydrogen (secondary N) is 1. The number of sulfonamides is 1. The Morgan fingerprint density at radius 3 is 2.52 bits per heavy atom. The number of hydrogen-bond donors (Lipinski definition) is 1. The van der Waals surface area contributed by atoms with Gasteiger partial charge in [0.15, 0.2) is 0 Å². The lowest BCUT2D eigenvalue weighted by atomic mass is 9.92. The van der Waals surface area contributed by atoms with Gasteiger partial charge in [0.05, 0.1) is 4.90 Å². The topological polar surface area (TPSA) is 66.5 Å². The molecule has 1 aromatic carbocycles. The second kappa shape index (κ2) is 9.34. The van der Waals surface area contributed by atoms with Crippen LogP contribution in [-0.2, 0) is 27.7 Å². The average molecular weight is 367 g/mol. The SMILES string of the molecule is CCCCCN(CCNS(=O)(=O)c1ccc2c(c1)CCCC2)C(C)=O. The summed E-state index contributed by atoms with van der Waals surface area (Å²) in [4.78, 5) is 13.7. The van der Waals surface area contributed by atoms with Crippen LogP contribution in [0.4, 0.5) is 0 Å². The van der Waals surface area contributed by atoms with Crippen molar-refractivity contribution < 1.29 is 13.2 Å². The molecular formula is C19H30N2O3S. The fourth-order valence-electron chi connectivity index (χ4n) is 3.25. The van der Waals surface area contributed by atoms with E-state index in [9.17, 15) is 13.2 Å². The molecule has 1 aliphatic carbocycles. The van der Waals surface area contributed by atoms with E-state index in [2.05, 4.69) is 11.6 Å². The van der Waals surface area contributed by atoms with E-state index in [1.165, 1.54) is 18.9 Å². The molecule has 0 saturated heterocycles. The molecule has 6 heteroatoms. The second-order valence-corrected chi connectivity index (χ2v) is 8.52. The van der Waals surface area contributed by atoms with Crippen molar-refractivity contribution in [3.05, 3.63) is 29.3 Å². The lowest BCUT2D eigenvalue weighted by Crippen LogP contribution is -2.38. The van der Waals surface area contributed by atoms with Crippen molar-refractivity contribution in [1.29, 1.82) is 0 Å². The fraction of sp³-hybridized carbons (Fsp3) is 0.632. The van der Waals surface area contributed by atoms with Gasteiger partial charge in [-0.1, -0.05) is 25.8 Å². The van der Waals surface area contributed by atoms with Crippen molar-refractivity contribution in [2.45, 2.75) is 63.7 Å². The van der Waals surface area contributed by atoms with Crippen LogP contribution in [-0.4, -0.2) is 38.9 Å². The third kappa shape index (κ3) is 5.82.